The molecule has 138 valence electrons. The number of aromatic carboxylic acids is 1. The molecule has 3 rings (SSSR count). The van der Waals surface area contributed by atoms with E-state index in [-0.39, 0.29) is 16.4 Å². The molecule has 2 aromatic carbocycles. The Kier molecular flexibility index (Phi) is 7.27. The van der Waals surface area contributed by atoms with Crippen molar-refractivity contribution in [3.05, 3.63) is 99.3 Å². The smallest absolute Gasteiger partial charge is 0.339 e. The zero-order chi connectivity index (χ0) is 19.6. The monoisotopic (exact) mass is 386 g/mol. The van der Waals surface area contributed by atoms with E-state index >= 15 is 0 Å². The first kappa shape index (κ1) is 19.9. The molecule has 0 atom stereocenters. The van der Waals surface area contributed by atoms with Gasteiger partial charge in [0.2, 0.25) is 5.15 Å². The number of carboxylic acid groups (broad SMARTS) is 1. The van der Waals surface area contributed by atoms with Crippen molar-refractivity contribution >= 4 is 23.3 Å². The highest BCUT2D eigenvalue weighted by Gasteiger charge is 2.10. The first-order chi connectivity index (χ1) is 13.0. The Morgan fingerprint density at radius 3 is 2.33 bits per heavy atom. The minimum Gasteiger partial charge on any atom is -0.488 e. The second-order valence-electron chi connectivity index (χ2n) is 5.15. The van der Waals surface area contributed by atoms with E-state index in [9.17, 15) is 14.9 Å². The van der Waals surface area contributed by atoms with E-state index in [2.05, 4.69) is 4.98 Å². The Bertz CT molecular complexity index is 919. The van der Waals surface area contributed by atoms with Gasteiger partial charge < -0.3 is 9.84 Å². The van der Waals surface area contributed by atoms with E-state index in [1.807, 2.05) is 30.3 Å². The van der Waals surface area contributed by atoms with Crippen molar-refractivity contribution in [3.63, 3.8) is 0 Å². The summed E-state index contributed by atoms with van der Waals surface area (Å²) in [6, 6.07) is 19.0. The fraction of sp³-hybridized carbons (Fsp3) is 0.0526. The molecule has 0 saturated carbocycles. The van der Waals surface area contributed by atoms with E-state index in [0.29, 0.717) is 12.4 Å². The predicted octanol–water partition coefficient (Wildman–Crippen LogP) is 4.61. The Balaban J connectivity index is 0.000000223. The molecule has 0 unspecified atom stereocenters. The van der Waals surface area contributed by atoms with Gasteiger partial charge in [-0.2, -0.15) is 0 Å². The van der Waals surface area contributed by atoms with Gasteiger partial charge in [0.05, 0.1) is 4.92 Å². The van der Waals surface area contributed by atoms with Gasteiger partial charge in [-0.15, -0.1) is 0 Å². The molecule has 3 aromatic rings. The van der Waals surface area contributed by atoms with Crippen LogP contribution >= 0.6 is 11.6 Å². The summed E-state index contributed by atoms with van der Waals surface area (Å²) in [4.78, 5) is 24.0. The Morgan fingerprint density at radius 1 is 1.07 bits per heavy atom. The number of aromatic nitrogens is 1. The third kappa shape index (κ3) is 6.09. The lowest BCUT2D eigenvalue weighted by molar-refractivity contribution is -0.385. The Hall–Kier alpha value is -3.45. The summed E-state index contributed by atoms with van der Waals surface area (Å²) in [6.07, 6.45) is 1.40. The average Bonchev–Trinajstić information content (AvgIpc) is 2.68. The summed E-state index contributed by atoms with van der Waals surface area (Å²) in [5.41, 5.74) is 1.03. The zero-order valence-electron chi connectivity index (χ0n) is 14.0. The van der Waals surface area contributed by atoms with E-state index in [0.717, 1.165) is 5.56 Å². The van der Waals surface area contributed by atoms with Gasteiger partial charge in [-0.05, 0) is 23.8 Å². The number of pyridine rings is 1. The third-order valence-corrected chi connectivity index (χ3v) is 3.58. The zero-order valence-corrected chi connectivity index (χ0v) is 14.7. The van der Waals surface area contributed by atoms with Gasteiger partial charge in [0.1, 0.15) is 17.9 Å². The van der Waals surface area contributed by atoms with Crippen LogP contribution in [0.4, 0.5) is 5.69 Å². The minimum absolute atomic E-state index is 0.0764. The van der Waals surface area contributed by atoms with Crippen molar-refractivity contribution in [2.45, 2.75) is 6.61 Å². The number of nitrogens with zero attached hydrogens (tertiary/aromatic N) is 2. The topological polar surface area (TPSA) is 103 Å². The summed E-state index contributed by atoms with van der Waals surface area (Å²) in [5.74, 6) is -0.586. The molecule has 0 spiro atoms. The van der Waals surface area contributed by atoms with Crippen LogP contribution in [0, 0.1) is 10.1 Å². The van der Waals surface area contributed by atoms with Crippen LogP contribution in [0.1, 0.15) is 15.9 Å². The molecule has 8 heteroatoms. The molecule has 0 aliphatic heterocycles. The normalized spacial score (nSPS) is 9.67. The predicted molar refractivity (Wildman–Crippen MR) is 100 cm³/mol. The van der Waals surface area contributed by atoms with Gasteiger partial charge in [-0.3, -0.25) is 10.1 Å². The van der Waals surface area contributed by atoms with Crippen molar-refractivity contribution in [1.82, 2.24) is 4.98 Å². The van der Waals surface area contributed by atoms with Crippen molar-refractivity contribution in [2.75, 3.05) is 0 Å². The van der Waals surface area contributed by atoms with Crippen LogP contribution in [0.5, 0.6) is 5.75 Å². The molecule has 1 heterocycles. The van der Waals surface area contributed by atoms with Gasteiger partial charge in [-0.25, -0.2) is 9.78 Å². The number of ether oxygens (including phenoxy) is 1. The van der Waals surface area contributed by atoms with Crippen LogP contribution in [0.25, 0.3) is 0 Å². The van der Waals surface area contributed by atoms with Gasteiger partial charge >= 0.3 is 11.7 Å². The molecule has 0 radical (unpaired) electrons. The van der Waals surface area contributed by atoms with Crippen LogP contribution in [-0.4, -0.2) is 21.0 Å². The van der Waals surface area contributed by atoms with E-state index in [4.69, 9.17) is 21.4 Å². The van der Waals surface area contributed by atoms with Crippen molar-refractivity contribution in [1.29, 1.82) is 0 Å². The lowest BCUT2D eigenvalue weighted by Crippen LogP contribution is -2.02. The van der Waals surface area contributed by atoms with Crippen LogP contribution < -0.4 is 4.74 Å². The van der Waals surface area contributed by atoms with E-state index in [1.165, 1.54) is 24.4 Å². The summed E-state index contributed by atoms with van der Waals surface area (Å²) in [6.45, 7) is 0.366. The fourth-order valence-corrected chi connectivity index (χ4v) is 2.21. The SMILES string of the molecule is O=C(O)c1ccccc1OCc1ccccc1.O=[N+]([O-])c1cccnc1Cl. The maximum Gasteiger partial charge on any atom is 0.339 e. The molecule has 1 aromatic heterocycles. The van der Waals surface area contributed by atoms with Crippen molar-refractivity contribution in [2.24, 2.45) is 0 Å². The number of carbonyl (C=O) groups is 1. The molecular formula is C19H15ClN2O5. The minimum atomic E-state index is -0.978. The van der Waals surface area contributed by atoms with Gasteiger partial charge in [0.25, 0.3) is 0 Å². The second-order valence-corrected chi connectivity index (χ2v) is 5.50. The Labute approximate surface area is 160 Å². The van der Waals surface area contributed by atoms with Gasteiger partial charge in [0, 0.05) is 12.3 Å². The number of para-hydroxylation sites is 1. The highest BCUT2D eigenvalue weighted by atomic mass is 35.5. The largest absolute Gasteiger partial charge is 0.488 e. The molecule has 7 nitrogen and oxygen atoms in total. The first-order valence-corrected chi connectivity index (χ1v) is 8.10. The molecule has 27 heavy (non-hydrogen) atoms. The number of hydrogen-bond donors (Lipinski definition) is 1. The second kappa shape index (κ2) is 9.88. The van der Waals surface area contributed by atoms with E-state index in [1.54, 1.807) is 18.2 Å². The summed E-state index contributed by atoms with van der Waals surface area (Å²) < 4.78 is 5.50. The molecule has 0 bridgehead atoms. The first-order valence-electron chi connectivity index (χ1n) is 7.73. The quantitative estimate of drug-likeness (QED) is 0.390. The number of halogens is 1. The third-order valence-electron chi connectivity index (χ3n) is 3.29. The highest BCUT2D eigenvalue weighted by molar-refractivity contribution is 6.31. The summed E-state index contributed by atoms with van der Waals surface area (Å²) in [5, 5.41) is 19.0. The summed E-state index contributed by atoms with van der Waals surface area (Å²) >= 11 is 5.37. The van der Waals surface area contributed by atoms with Crippen LogP contribution in [-0.2, 0) is 6.61 Å². The lowest BCUT2D eigenvalue weighted by Gasteiger charge is -2.08. The maximum absolute atomic E-state index is 11.0. The van der Waals surface area contributed by atoms with Gasteiger partial charge in [-0.1, -0.05) is 54.1 Å². The molecule has 0 fully saturated rings. The van der Waals surface area contributed by atoms with Crippen molar-refractivity contribution < 1.29 is 19.6 Å². The van der Waals surface area contributed by atoms with Gasteiger partial charge in [0.15, 0.2) is 0 Å². The van der Waals surface area contributed by atoms with Crippen LogP contribution in [0.3, 0.4) is 0 Å². The number of benzene rings is 2. The lowest BCUT2D eigenvalue weighted by atomic mass is 10.2. The molecule has 0 amide bonds. The van der Waals surface area contributed by atoms with Crippen LogP contribution in [0.2, 0.25) is 5.15 Å². The number of carboxylic acids is 1. The standard InChI is InChI=1S/C14H12O3.C5H3ClN2O2/c15-14(16)12-8-4-5-9-13(12)17-10-11-6-2-1-3-7-11;6-5-4(8(9)10)2-1-3-7-5/h1-9H,10H2,(H,15,16);1-3H. The Morgan fingerprint density at radius 2 is 1.74 bits per heavy atom. The average molecular weight is 387 g/mol. The fourth-order valence-electron chi connectivity index (χ4n) is 2.02. The van der Waals surface area contributed by atoms with E-state index < -0.39 is 10.9 Å². The summed E-state index contributed by atoms with van der Waals surface area (Å²) in [7, 11) is 0. The molecule has 0 saturated heterocycles. The molecule has 0 aliphatic carbocycles. The molecular weight excluding hydrogens is 372 g/mol. The number of hydrogen-bond acceptors (Lipinski definition) is 5. The molecule has 0 aliphatic rings. The highest BCUT2D eigenvalue weighted by Crippen LogP contribution is 2.20. The number of rotatable bonds is 5. The number of nitro groups is 1. The van der Waals surface area contributed by atoms with Crippen molar-refractivity contribution in [3.8, 4) is 5.75 Å². The maximum atomic E-state index is 11.0. The molecule has 1 N–H and O–H groups in total. The van der Waals surface area contributed by atoms with Crippen LogP contribution in [0.15, 0.2) is 72.9 Å².